The molecule has 1 atom stereocenters. The van der Waals surface area contributed by atoms with E-state index in [0.29, 0.717) is 17.4 Å². The van der Waals surface area contributed by atoms with Crippen LogP contribution in [0.25, 0.3) is 0 Å². The van der Waals surface area contributed by atoms with E-state index in [0.717, 1.165) is 6.42 Å². The largest absolute Gasteiger partial charge is 0.477 e. The fourth-order valence-electron chi connectivity index (χ4n) is 1.15. The molecule has 0 spiro atoms. The van der Waals surface area contributed by atoms with Crippen molar-refractivity contribution in [3.8, 4) is 0 Å². The topological polar surface area (TPSA) is 63.3 Å². The average molecular weight is 175 g/mol. The highest BCUT2D eigenvalue weighted by atomic mass is 16.4. The van der Waals surface area contributed by atoms with E-state index in [1.165, 1.54) is 0 Å². The number of hydrogen-bond acceptors (Lipinski definition) is 2. The number of rotatable bonds is 5. The molecule has 0 heterocycles. The maximum atomic E-state index is 10.8. The molecule has 4 heteroatoms. The summed E-state index contributed by atoms with van der Waals surface area (Å²) in [7, 11) is 5.65. The molecule has 0 aromatic rings. The predicted octanol–water partition coefficient (Wildman–Crippen LogP) is -0.115. The lowest BCUT2D eigenvalue weighted by Crippen LogP contribution is -2.49. The van der Waals surface area contributed by atoms with Gasteiger partial charge in [-0.25, -0.2) is 4.79 Å². The van der Waals surface area contributed by atoms with E-state index in [9.17, 15) is 4.79 Å². The summed E-state index contributed by atoms with van der Waals surface area (Å²) in [5.74, 6) is -0.740. The van der Waals surface area contributed by atoms with Gasteiger partial charge in [0, 0.05) is 6.42 Å². The average Bonchev–Trinajstić information content (AvgIpc) is 1.84. The van der Waals surface area contributed by atoms with Gasteiger partial charge < -0.3 is 15.3 Å². The first-order chi connectivity index (χ1) is 5.39. The Morgan fingerprint density at radius 3 is 2.25 bits per heavy atom. The lowest BCUT2D eigenvalue weighted by molar-refractivity contribution is -0.887. The molecule has 0 saturated heterocycles. The van der Waals surface area contributed by atoms with Crippen LogP contribution in [-0.4, -0.2) is 49.3 Å². The summed E-state index contributed by atoms with van der Waals surface area (Å²) in [4.78, 5) is 10.8. The van der Waals surface area contributed by atoms with Gasteiger partial charge in [0.05, 0.1) is 21.1 Å². The molecule has 4 nitrogen and oxygen atoms in total. The molecule has 3 N–H and O–H groups in total. The van der Waals surface area contributed by atoms with Crippen LogP contribution in [0.5, 0.6) is 0 Å². The molecule has 0 rings (SSSR count). The fourth-order valence-corrected chi connectivity index (χ4v) is 1.15. The molecule has 0 amide bonds. The number of aliphatic carboxylic acids is 1. The van der Waals surface area contributed by atoms with E-state index in [1.807, 2.05) is 21.1 Å². The van der Waals surface area contributed by atoms with E-state index in [4.69, 9.17) is 10.8 Å². The van der Waals surface area contributed by atoms with Crippen molar-refractivity contribution in [1.82, 2.24) is 0 Å². The van der Waals surface area contributed by atoms with Gasteiger partial charge in [0.25, 0.3) is 0 Å². The Hall–Kier alpha value is -0.610. The number of carboxylic acid groups (broad SMARTS) is 1. The van der Waals surface area contributed by atoms with Gasteiger partial charge in [-0.05, 0) is 13.0 Å². The van der Waals surface area contributed by atoms with Crippen LogP contribution in [0.1, 0.15) is 12.8 Å². The number of carbonyl (C=O) groups is 1. The van der Waals surface area contributed by atoms with Crippen molar-refractivity contribution in [2.45, 2.75) is 18.9 Å². The van der Waals surface area contributed by atoms with Crippen molar-refractivity contribution in [1.29, 1.82) is 0 Å². The number of likely N-dealkylation sites (N-methyl/N-ethyl adjacent to an activating group) is 1. The molecule has 72 valence electrons. The summed E-state index contributed by atoms with van der Waals surface area (Å²) < 4.78 is 0.454. The second kappa shape index (κ2) is 4.42. The second-order valence-electron chi connectivity index (χ2n) is 3.90. The van der Waals surface area contributed by atoms with Gasteiger partial charge in [0.1, 0.15) is 0 Å². The van der Waals surface area contributed by atoms with E-state index in [2.05, 4.69) is 0 Å². The second-order valence-corrected chi connectivity index (χ2v) is 3.90. The molecule has 0 bridgehead atoms. The summed E-state index contributed by atoms with van der Waals surface area (Å²) in [6.45, 7) is 0.559. The Balaban J connectivity index is 4.15. The summed E-state index contributed by atoms with van der Waals surface area (Å²) in [6.07, 6.45) is 1.42. The van der Waals surface area contributed by atoms with Crippen LogP contribution in [-0.2, 0) is 4.79 Å². The molecule has 12 heavy (non-hydrogen) atoms. The number of hydrogen-bond donors (Lipinski definition) is 2. The zero-order valence-corrected chi connectivity index (χ0v) is 8.08. The number of carboxylic acids is 1. The molecule has 0 aromatic carbocycles. The smallest absolute Gasteiger partial charge is 0.362 e. The van der Waals surface area contributed by atoms with Crippen molar-refractivity contribution < 1.29 is 14.4 Å². The summed E-state index contributed by atoms with van der Waals surface area (Å²) in [5.41, 5.74) is 5.32. The Labute approximate surface area is 73.6 Å². The first-order valence-corrected chi connectivity index (χ1v) is 4.13. The minimum absolute atomic E-state index is 0.339. The highest BCUT2D eigenvalue weighted by molar-refractivity contribution is 5.72. The van der Waals surface area contributed by atoms with Crippen molar-refractivity contribution >= 4 is 5.97 Å². The summed E-state index contributed by atoms with van der Waals surface area (Å²) >= 11 is 0. The Bertz CT molecular complexity index is 152. The van der Waals surface area contributed by atoms with Gasteiger partial charge in [0.15, 0.2) is 6.04 Å². The van der Waals surface area contributed by atoms with Crippen LogP contribution < -0.4 is 5.73 Å². The standard InChI is InChI=1S/C8H18N2O2/c1-10(2,3)7(8(11)12)5-4-6-9/h7H,4-6,9H2,1-3H3/p+1. The van der Waals surface area contributed by atoms with Gasteiger partial charge in [-0.3, -0.25) is 0 Å². The van der Waals surface area contributed by atoms with E-state index >= 15 is 0 Å². The monoisotopic (exact) mass is 175 g/mol. The molecule has 0 aliphatic heterocycles. The van der Waals surface area contributed by atoms with E-state index in [1.54, 1.807) is 0 Å². The lowest BCUT2D eigenvalue weighted by Gasteiger charge is -2.30. The summed E-state index contributed by atoms with van der Waals surface area (Å²) in [5, 5.41) is 8.88. The lowest BCUT2D eigenvalue weighted by atomic mass is 10.1. The van der Waals surface area contributed by atoms with Crippen LogP contribution in [0.3, 0.4) is 0 Å². The number of nitrogens with two attached hydrogens (primary N) is 1. The van der Waals surface area contributed by atoms with E-state index in [-0.39, 0.29) is 6.04 Å². The molecule has 0 aromatic heterocycles. The van der Waals surface area contributed by atoms with Gasteiger partial charge in [0.2, 0.25) is 0 Å². The van der Waals surface area contributed by atoms with Crippen LogP contribution in [0.15, 0.2) is 0 Å². The first-order valence-electron chi connectivity index (χ1n) is 4.13. The SMILES string of the molecule is C[N+](C)(C)C(CCCN)C(=O)O. The van der Waals surface area contributed by atoms with E-state index < -0.39 is 5.97 Å². The molecule has 0 saturated carbocycles. The summed E-state index contributed by atoms with van der Waals surface area (Å²) in [6, 6.07) is -0.339. The Kier molecular flexibility index (Phi) is 4.20. The predicted molar refractivity (Wildman–Crippen MR) is 47.7 cm³/mol. The minimum atomic E-state index is -0.740. The zero-order valence-electron chi connectivity index (χ0n) is 8.08. The molecule has 0 radical (unpaired) electrons. The Morgan fingerprint density at radius 1 is 1.50 bits per heavy atom. The highest BCUT2D eigenvalue weighted by Crippen LogP contribution is 2.09. The van der Waals surface area contributed by atoms with Crippen molar-refractivity contribution in [2.24, 2.45) is 5.73 Å². The molecular formula is C8H19N2O2+. The van der Waals surface area contributed by atoms with Crippen LogP contribution in [0, 0.1) is 0 Å². The maximum absolute atomic E-state index is 10.8. The van der Waals surface area contributed by atoms with Crippen molar-refractivity contribution in [3.05, 3.63) is 0 Å². The molecular weight excluding hydrogens is 156 g/mol. The van der Waals surface area contributed by atoms with Crippen molar-refractivity contribution in [3.63, 3.8) is 0 Å². The molecule has 1 unspecified atom stereocenters. The zero-order chi connectivity index (χ0) is 9.78. The maximum Gasteiger partial charge on any atom is 0.362 e. The molecule has 0 aliphatic carbocycles. The number of quaternary nitrogens is 1. The number of nitrogens with zero attached hydrogens (tertiary/aromatic N) is 1. The third kappa shape index (κ3) is 3.69. The third-order valence-electron chi connectivity index (χ3n) is 1.90. The van der Waals surface area contributed by atoms with Crippen molar-refractivity contribution in [2.75, 3.05) is 27.7 Å². The van der Waals surface area contributed by atoms with Crippen LogP contribution >= 0.6 is 0 Å². The van der Waals surface area contributed by atoms with Crippen LogP contribution in [0.2, 0.25) is 0 Å². The van der Waals surface area contributed by atoms with Gasteiger partial charge in [-0.2, -0.15) is 0 Å². The molecule has 0 aliphatic rings. The normalized spacial score (nSPS) is 14.3. The molecule has 0 fully saturated rings. The first kappa shape index (κ1) is 11.4. The quantitative estimate of drug-likeness (QED) is 0.573. The third-order valence-corrected chi connectivity index (χ3v) is 1.90. The highest BCUT2D eigenvalue weighted by Gasteiger charge is 2.30. The Morgan fingerprint density at radius 2 is 2.00 bits per heavy atom. The van der Waals surface area contributed by atoms with Gasteiger partial charge in [-0.1, -0.05) is 0 Å². The van der Waals surface area contributed by atoms with Crippen LogP contribution in [0.4, 0.5) is 0 Å². The van der Waals surface area contributed by atoms with Gasteiger partial charge in [-0.15, -0.1) is 0 Å². The van der Waals surface area contributed by atoms with Gasteiger partial charge >= 0.3 is 5.97 Å². The fraction of sp³-hybridized carbons (Fsp3) is 0.875. The minimum Gasteiger partial charge on any atom is -0.477 e.